The fourth-order valence-corrected chi connectivity index (χ4v) is 11.6. The van der Waals surface area contributed by atoms with Gasteiger partial charge in [-0.15, -0.1) is 0 Å². The standard InChI is InChI=1S/C39H47ClN2O12S4/c1-38(2)30(26(8-6-20-55(43,44)45)27-11-9-24(22-31(27)38)57(49,50)51)14-12-28-33-16-17-34(41(33)5)29(37(28)40)13-18-36-39(3,4)32-23-25(58(52,53)54)10-15-35(32)42(36)19-7-21-56(46,47)48/h9-15,18,22-23,26,33-34H,6-8,16-17,19-21H2,1-5H3,(H3-,43,44,45,46,47,48,49,50,51,52,53,54)/p+1/b18-13+,28-12+,30-14-. The molecule has 1 fully saturated rings. The van der Waals surface area contributed by atoms with E-state index in [0.717, 1.165) is 35.1 Å². The number of hydrogen-bond acceptors (Lipinski definition) is 9. The molecule has 3 atom stereocenters. The second kappa shape index (κ2) is 15.5. The van der Waals surface area contributed by atoms with Crippen molar-refractivity contribution in [2.24, 2.45) is 0 Å². The number of allylic oxidation sites excluding steroid dienone is 4. The summed E-state index contributed by atoms with van der Waals surface area (Å²) in [5.41, 5.74) is 4.32. The van der Waals surface area contributed by atoms with Crippen molar-refractivity contribution < 1.29 is 56.5 Å². The number of benzene rings is 2. The van der Waals surface area contributed by atoms with Gasteiger partial charge in [0.05, 0.1) is 31.7 Å². The zero-order chi connectivity index (χ0) is 43.0. The first-order chi connectivity index (χ1) is 26.6. The first-order valence-electron chi connectivity index (χ1n) is 18.6. The summed E-state index contributed by atoms with van der Waals surface area (Å²) in [7, 11) is -15.5. The van der Waals surface area contributed by atoms with E-state index in [2.05, 4.69) is 4.90 Å². The van der Waals surface area contributed by atoms with Crippen LogP contribution in [0.1, 0.15) is 82.4 Å². The van der Waals surface area contributed by atoms with Crippen LogP contribution in [0.5, 0.6) is 0 Å². The molecule has 3 heterocycles. The zero-order valence-electron chi connectivity index (χ0n) is 32.6. The summed E-state index contributed by atoms with van der Waals surface area (Å²) in [6, 6.07) is 8.54. The fourth-order valence-electron chi connectivity index (χ4n) is 9.23. The third kappa shape index (κ3) is 8.73. The van der Waals surface area contributed by atoms with E-state index in [-0.39, 0.29) is 47.2 Å². The lowest BCUT2D eigenvalue weighted by atomic mass is 9.79. The van der Waals surface area contributed by atoms with Gasteiger partial charge in [0.1, 0.15) is 6.54 Å². The third-order valence-corrected chi connectivity index (χ3v) is 15.8. The average Bonchev–Trinajstić information content (AvgIpc) is 3.59. The molecule has 1 aliphatic carbocycles. The topological polar surface area (TPSA) is 224 Å². The van der Waals surface area contributed by atoms with Crippen molar-refractivity contribution in [3.05, 3.63) is 99.1 Å². The molecular weight excluding hydrogens is 852 g/mol. The predicted octanol–water partition coefficient (Wildman–Crippen LogP) is 5.96. The largest absolute Gasteiger partial charge is 0.294 e. The van der Waals surface area contributed by atoms with Gasteiger partial charge in [0.2, 0.25) is 5.69 Å². The van der Waals surface area contributed by atoms with Crippen LogP contribution in [0.25, 0.3) is 0 Å². The van der Waals surface area contributed by atoms with Gasteiger partial charge in [-0.1, -0.05) is 49.2 Å². The Morgan fingerprint density at radius 2 is 1.33 bits per heavy atom. The summed E-state index contributed by atoms with van der Waals surface area (Å²) in [6.07, 6.45) is 9.81. The van der Waals surface area contributed by atoms with Crippen LogP contribution >= 0.6 is 11.6 Å². The van der Waals surface area contributed by atoms with E-state index in [9.17, 15) is 51.9 Å². The first kappa shape index (κ1) is 44.5. The maximum Gasteiger partial charge on any atom is 0.294 e. The van der Waals surface area contributed by atoms with Crippen LogP contribution in [0.4, 0.5) is 5.69 Å². The molecule has 0 saturated carbocycles. The normalized spacial score (nSPS) is 24.8. The van der Waals surface area contributed by atoms with Crippen molar-refractivity contribution >= 4 is 63.5 Å². The molecule has 4 N–H and O–H groups in total. The molecule has 2 aromatic carbocycles. The van der Waals surface area contributed by atoms with E-state index in [0.29, 0.717) is 34.0 Å². The van der Waals surface area contributed by atoms with E-state index in [1.54, 1.807) is 12.1 Å². The molecule has 0 aromatic heterocycles. The minimum absolute atomic E-state index is 0.0434. The Bertz CT molecular complexity index is 2680. The second-order valence-electron chi connectivity index (χ2n) is 16.4. The quantitative estimate of drug-likeness (QED) is 0.135. The minimum Gasteiger partial charge on any atom is -0.292 e. The van der Waals surface area contributed by atoms with Crippen molar-refractivity contribution in [1.29, 1.82) is 0 Å². The molecule has 0 spiro atoms. The van der Waals surface area contributed by atoms with E-state index in [4.69, 9.17) is 11.6 Å². The number of halogens is 1. The van der Waals surface area contributed by atoms with E-state index >= 15 is 0 Å². The molecule has 6 rings (SSSR count). The third-order valence-electron chi connectivity index (χ3n) is 12.1. The molecule has 0 radical (unpaired) electrons. The second-order valence-corrected chi connectivity index (χ2v) is 22.8. The van der Waals surface area contributed by atoms with Crippen LogP contribution in [0.3, 0.4) is 0 Å². The summed E-state index contributed by atoms with van der Waals surface area (Å²) < 4.78 is 135. The highest BCUT2D eigenvalue weighted by Crippen LogP contribution is 2.53. The van der Waals surface area contributed by atoms with Gasteiger partial charge in [-0.2, -0.15) is 38.2 Å². The monoisotopic (exact) mass is 899 g/mol. The van der Waals surface area contributed by atoms with Crippen LogP contribution in [0.2, 0.25) is 0 Å². The lowest BCUT2D eigenvalue weighted by molar-refractivity contribution is -0.437. The fraction of sp³-hybridized carbons (Fsp3) is 0.462. The molecule has 2 bridgehead atoms. The van der Waals surface area contributed by atoms with Gasteiger partial charge in [0.25, 0.3) is 40.5 Å². The van der Waals surface area contributed by atoms with Crippen molar-refractivity contribution in [2.45, 2.75) is 98.4 Å². The first-order valence-corrected chi connectivity index (χ1v) is 25.1. The van der Waals surface area contributed by atoms with E-state index < -0.39 is 62.8 Å². The van der Waals surface area contributed by atoms with Crippen LogP contribution in [0, 0.1) is 0 Å². The van der Waals surface area contributed by atoms with Crippen LogP contribution in [-0.4, -0.2) is 104 Å². The molecule has 3 unspecified atom stereocenters. The lowest BCUT2D eigenvalue weighted by Crippen LogP contribution is -2.38. The summed E-state index contributed by atoms with van der Waals surface area (Å²) in [5.74, 6) is -1.27. The molecule has 58 heavy (non-hydrogen) atoms. The van der Waals surface area contributed by atoms with Crippen LogP contribution in [0.15, 0.2) is 92.2 Å². The van der Waals surface area contributed by atoms with Gasteiger partial charge in [0, 0.05) is 47.5 Å². The zero-order valence-corrected chi connectivity index (χ0v) is 36.6. The maximum atomic E-state index is 12.1. The summed E-state index contributed by atoms with van der Waals surface area (Å²) in [5, 5.41) is 0.518. The molecule has 4 aliphatic rings. The highest BCUT2D eigenvalue weighted by molar-refractivity contribution is 7.86. The van der Waals surface area contributed by atoms with Gasteiger partial charge in [0.15, 0.2) is 5.71 Å². The minimum atomic E-state index is -4.53. The Morgan fingerprint density at radius 1 is 0.759 bits per heavy atom. The van der Waals surface area contributed by atoms with E-state index in [1.165, 1.54) is 24.3 Å². The molecular formula is C39H48ClN2O12S4+. The molecule has 14 nitrogen and oxygen atoms in total. The van der Waals surface area contributed by atoms with Crippen molar-refractivity contribution in [3.63, 3.8) is 0 Å². The number of likely N-dealkylation sites (N-methyl/N-ethyl adjacent to an activating group) is 1. The lowest BCUT2D eigenvalue weighted by Gasteiger charge is -2.34. The Morgan fingerprint density at radius 3 is 1.93 bits per heavy atom. The van der Waals surface area contributed by atoms with Gasteiger partial charge >= 0.3 is 0 Å². The highest BCUT2D eigenvalue weighted by Gasteiger charge is 2.47. The average molecular weight is 901 g/mol. The number of rotatable bonds is 13. The summed E-state index contributed by atoms with van der Waals surface area (Å²) in [6.45, 7) is 7.81. The van der Waals surface area contributed by atoms with Crippen LogP contribution in [-0.2, 0) is 51.3 Å². The number of hydrogen-bond donors (Lipinski definition) is 4. The van der Waals surface area contributed by atoms with Crippen molar-refractivity contribution in [1.82, 2.24) is 4.90 Å². The molecule has 1 saturated heterocycles. The molecule has 2 aromatic rings. The summed E-state index contributed by atoms with van der Waals surface area (Å²) >= 11 is 7.32. The Hall–Kier alpha value is -3.04. The van der Waals surface area contributed by atoms with Crippen molar-refractivity contribution in [3.8, 4) is 0 Å². The Labute approximate surface area is 345 Å². The summed E-state index contributed by atoms with van der Waals surface area (Å²) in [4.78, 5) is 1.69. The van der Waals surface area contributed by atoms with E-state index in [1.807, 2.05) is 63.6 Å². The Kier molecular flexibility index (Phi) is 11.9. The van der Waals surface area contributed by atoms with Gasteiger partial charge in [-0.05, 0) is 99.2 Å². The molecule has 0 amide bonds. The van der Waals surface area contributed by atoms with Crippen molar-refractivity contribution in [2.75, 3.05) is 25.1 Å². The van der Waals surface area contributed by atoms with Gasteiger partial charge < -0.3 is 0 Å². The van der Waals surface area contributed by atoms with Crippen LogP contribution < -0.4 is 0 Å². The van der Waals surface area contributed by atoms with Gasteiger partial charge in [-0.25, -0.2) is 0 Å². The molecule has 19 heteroatoms. The number of fused-ring (bicyclic) bond motifs is 4. The predicted molar refractivity (Wildman–Crippen MR) is 221 cm³/mol. The molecule has 316 valence electrons. The highest BCUT2D eigenvalue weighted by atomic mass is 35.5. The van der Waals surface area contributed by atoms with Gasteiger partial charge in [-0.3, -0.25) is 23.1 Å². The SMILES string of the molecule is CN1C2CCC1/C(=C\C=C1\C(CCCS(=O)(=O)O)c3ccc(S(=O)(=O)O)cc3C1(C)C)C(Cl)=C2/C=C/C1=[N+](CCCS(=O)(=O)O)c2ccc(S(=O)(=O)O)cc2C1(C)C. The smallest absolute Gasteiger partial charge is 0.292 e. The molecule has 3 aliphatic heterocycles. The Balaban J connectivity index is 1.44. The maximum absolute atomic E-state index is 12.1. The number of nitrogens with zero attached hydrogens (tertiary/aromatic N) is 2.